The summed E-state index contributed by atoms with van der Waals surface area (Å²) in [6.07, 6.45) is 0.213. The number of hydrogen-bond donors (Lipinski definition) is 0. The van der Waals surface area contributed by atoms with E-state index in [1.54, 1.807) is 0 Å². The van der Waals surface area contributed by atoms with Crippen molar-refractivity contribution in [1.82, 2.24) is 0 Å². The van der Waals surface area contributed by atoms with E-state index in [1.807, 2.05) is 30.3 Å². The molecule has 17 heavy (non-hydrogen) atoms. The standard InChI is InChI=1S/C13H14O4/c1-2-4-8(5-3-1)13-15-6-9-11(17-13)12-10(16-12)7-14-9/h1-5,9-13H,6-7H2/t9?,10?,11?,12-,13?/m0/s1. The molecule has 0 bridgehead atoms. The lowest BCUT2D eigenvalue weighted by atomic mass is 10.0. The van der Waals surface area contributed by atoms with Crippen molar-refractivity contribution in [1.29, 1.82) is 0 Å². The van der Waals surface area contributed by atoms with E-state index in [0.717, 1.165) is 5.56 Å². The Hall–Kier alpha value is -0.940. The molecule has 0 saturated carbocycles. The molecule has 0 aliphatic carbocycles. The van der Waals surface area contributed by atoms with E-state index < -0.39 is 0 Å². The van der Waals surface area contributed by atoms with Gasteiger partial charge >= 0.3 is 0 Å². The molecule has 5 atom stereocenters. The molecule has 3 aliphatic heterocycles. The predicted molar refractivity (Wildman–Crippen MR) is 58.4 cm³/mol. The van der Waals surface area contributed by atoms with Crippen LogP contribution in [-0.4, -0.2) is 37.6 Å². The van der Waals surface area contributed by atoms with Crippen LogP contribution in [0.5, 0.6) is 0 Å². The van der Waals surface area contributed by atoms with Gasteiger partial charge < -0.3 is 18.9 Å². The minimum Gasteiger partial charge on any atom is -0.370 e. The van der Waals surface area contributed by atoms with Crippen molar-refractivity contribution in [3.63, 3.8) is 0 Å². The first-order valence-electron chi connectivity index (χ1n) is 6.01. The number of benzene rings is 1. The van der Waals surface area contributed by atoms with Crippen LogP contribution in [0.3, 0.4) is 0 Å². The van der Waals surface area contributed by atoms with Crippen LogP contribution in [0.2, 0.25) is 0 Å². The van der Waals surface area contributed by atoms with E-state index in [0.29, 0.717) is 13.2 Å². The van der Waals surface area contributed by atoms with Gasteiger partial charge in [-0.15, -0.1) is 0 Å². The van der Waals surface area contributed by atoms with E-state index in [4.69, 9.17) is 18.9 Å². The Morgan fingerprint density at radius 1 is 0.824 bits per heavy atom. The summed E-state index contributed by atoms with van der Waals surface area (Å²) in [5, 5.41) is 0. The first-order valence-corrected chi connectivity index (χ1v) is 6.01. The molecule has 3 fully saturated rings. The molecule has 3 aliphatic rings. The van der Waals surface area contributed by atoms with Gasteiger partial charge in [0, 0.05) is 5.56 Å². The van der Waals surface area contributed by atoms with Crippen LogP contribution < -0.4 is 0 Å². The van der Waals surface area contributed by atoms with Crippen LogP contribution in [0.1, 0.15) is 11.9 Å². The Kier molecular flexibility index (Phi) is 2.23. The van der Waals surface area contributed by atoms with Crippen LogP contribution in [0.15, 0.2) is 30.3 Å². The summed E-state index contributed by atoms with van der Waals surface area (Å²) in [6, 6.07) is 9.99. The Labute approximate surface area is 99.4 Å². The highest BCUT2D eigenvalue weighted by Gasteiger charge is 2.55. The summed E-state index contributed by atoms with van der Waals surface area (Å²) in [4.78, 5) is 0. The molecule has 0 N–H and O–H groups in total. The molecule has 3 saturated heterocycles. The predicted octanol–water partition coefficient (Wildman–Crippen LogP) is 1.27. The van der Waals surface area contributed by atoms with Crippen molar-refractivity contribution in [3.8, 4) is 0 Å². The van der Waals surface area contributed by atoms with Crippen LogP contribution in [0, 0.1) is 0 Å². The highest BCUT2D eigenvalue weighted by Crippen LogP contribution is 2.40. The maximum absolute atomic E-state index is 5.96. The van der Waals surface area contributed by atoms with E-state index >= 15 is 0 Å². The average Bonchev–Trinajstić information content (AvgIpc) is 3.19. The molecule has 4 unspecified atom stereocenters. The molecule has 90 valence electrons. The molecule has 0 spiro atoms. The van der Waals surface area contributed by atoms with Gasteiger partial charge in [0.2, 0.25) is 0 Å². The van der Waals surface area contributed by atoms with Gasteiger partial charge in [-0.2, -0.15) is 0 Å². The second kappa shape index (κ2) is 3.78. The van der Waals surface area contributed by atoms with Gasteiger partial charge in [-0.1, -0.05) is 30.3 Å². The second-order valence-electron chi connectivity index (χ2n) is 4.69. The van der Waals surface area contributed by atoms with Gasteiger partial charge in [0.1, 0.15) is 24.4 Å². The Bertz CT molecular complexity index is 407. The number of epoxide rings is 1. The topological polar surface area (TPSA) is 40.2 Å². The summed E-state index contributed by atoms with van der Waals surface area (Å²) < 4.78 is 22.8. The second-order valence-corrected chi connectivity index (χ2v) is 4.69. The van der Waals surface area contributed by atoms with Crippen molar-refractivity contribution in [2.75, 3.05) is 13.2 Å². The fraction of sp³-hybridized carbons (Fsp3) is 0.538. The van der Waals surface area contributed by atoms with Crippen LogP contribution in [-0.2, 0) is 18.9 Å². The van der Waals surface area contributed by atoms with Crippen LogP contribution in [0.4, 0.5) is 0 Å². The van der Waals surface area contributed by atoms with E-state index in [1.165, 1.54) is 0 Å². The molecular weight excluding hydrogens is 220 g/mol. The van der Waals surface area contributed by atoms with Gasteiger partial charge in [0.15, 0.2) is 6.29 Å². The highest BCUT2D eigenvalue weighted by molar-refractivity contribution is 5.17. The van der Waals surface area contributed by atoms with Crippen molar-refractivity contribution >= 4 is 0 Å². The monoisotopic (exact) mass is 234 g/mol. The molecule has 4 heteroatoms. The maximum Gasteiger partial charge on any atom is 0.184 e. The smallest absolute Gasteiger partial charge is 0.184 e. The zero-order chi connectivity index (χ0) is 11.2. The van der Waals surface area contributed by atoms with Crippen LogP contribution in [0.25, 0.3) is 0 Å². The van der Waals surface area contributed by atoms with Gasteiger partial charge in [-0.25, -0.2) is 0 Å². The zero-order valence-electron chi connectivity index (χ0n) is 9.32. The van der Waals surface area contributed by atoms with E-state index in [9.17, 15) is 0 Å². The summed E-state index contributed by atoms with van der Waals surface area (Å²) in [6.45, 7) is 1.26. The first kappa shape index (κ1) is 10.0. The summed E-state index contributed by atoms with van der Waals surface area (Å²) in [7, 11) is 0. The van der Waals surface area contributed by atoms with Crippen molar-refractivity contribution < 1.29 is 18.9 Å². The molecule has 4 rings (SSSR count). The number of fused-ring (bicyclic) bond motifs is 3. The highest BCUT2D eigenvalue weighted by atomic mass is 16.7. The molecule has 1 aromatic carbocycles. The minimum atomic E-state index is -0.288. The number of rotatable bonds is 1. The van der Waals surface area contributed by atoms with E-state index in [-0.39, 0.29) is 30.7 Å². The zero-order valence-corrected chi connectivity index (χ0v) is 9.32. The first-order chi connectivity index (χ1) is 8.42. The van der Waals surface area contributed by atoms with E-state index in [2.05, 4.69) is 0 Å². The third-order valence-electron chi connectivity index (χ3n) is 3.55. The number of hydrogen-bond acceptors (Lipinski definition) is 4. The quantitative estimate of drug-likeness (QED) is 0.686. The molecule has 4 nitrogen and oxygen atoms in total. The van der Waals surface area contributed by atoms with Crippen LogP contribution >= 0.6 is 0 Å². The maximum atomic E-state index is 5.96. The fourth-order valence-electron chi connectivity index (χ4n) is 2.56. The van der Waals surface area contributed by atoms with Crippen molar-refractivity contribution in [3.05, 3.63) is 35.9 Å². The fourth-order valence-corrected chi connectivity index (χ4v) is 2.56. The molecular formula is C13H14O4. The lowest BCUT2D eigenvalue weighted by molar-refractivity contribution is -0.273. The lowest BCUT2D eigenvalue weighted by Gasteiger charge is -2.37. The lowest BCUT2D eigenvalue weighted by Crippen LogP contribution is -2.49. The molecule has 0 radical (unpaired) electrons. The molecule has 1 aromatic rings. The largest absolute Gasteiger partial charge is 0.370 e. The molecule has 0 aromatic heterocycles. The number of ether oxygens (including phenoxy) is 4. The Morgan fingerprint density at radius 2 is 1.59 bits per heavy atom. The van der Waals surface area contributed by atoms with Gasteiger partial charge in [-0.3, -0.25) is 0 Å². The SMILES string of the molecule is c1ccc(C2OCC3OCC4O[C@@H]4C3O2)cc1. The Balaban J connectivity index is 1.53. The normalized spacial score (nSPS) is 43.6. The average molecular weight is 234 g/mol. The van der Waals surface area contributed by atoms with Crippen molar-refractivity contribution in [2.45, 2.75) is 30.7 Å². The third kappa shape index (κ3) is 1.68. The Morgan fingerprint density at radius 3 is 2.47 bits per heavy atom. The summed E-state index contributed by atoms with van der Waals surface area (Å²) in [5.41, 5.74) is 1.05. The van der Waals surface area contributed by atoms with Gasteiger partial charge in [0.25, 0.3) is 0 Å². The summed E-state index contributed by atoms with van der Waals surface area (Å²) >= 11 is 0. The third-order valence-corrected chi connectivity index (χ3v) is 3.55. The summed E-state index contributed by atoms with van der Waals surface area (Å²) in [5.74, 6) is 0. The van der Waals surface area contributed by atoms with Gasteiger partial charge in [-0.05, 0) is 0 Å². The van der Waals surface area contributed by atoms with Gasteiger partial charge in [0.05, 0.1) is 13.2 Å². The molecule has 3 heterocycles. The molecule has 0 amide bonds. The van der Waals surface area contributed by atoms with Crippen molar-refractivity contribution in [2.24, 2.45) is 0 Å². The minimum absolute atomic E-state index is 0.0210.